The summed E-state index contributed by atoms with van der Waals surface area (Å²) in [4.78, 5) is 0.333. The summed E-state index contributed by atoms with van der Waals surface area (Å²) in [7, 11) is -2.05. The Labute approximate surface area is 121 Å². The first kappa shape index (κ1) is 16.5. The largest absolute Gasteiger partial charge is 0.385 e. The van der Waals surface area contributed by atoms with E-state index in [-0.39, 0.29) is 13.0 Å². The summed E-state index contributed by atoms with van der Waals surface area (Å²) in [6.07, 6.45) is 0.184. The van der Waals surface area contributed by atoms with E-state index >= 15 is 0 Å². The molecule has 0 aliphatic carbocycles. The first-order valence-corrected chi connectivity index (χ1v) is 7.97. The minimum atomic E-state index is -3.55. The molecule has 1 aromatic carbocycles. The van der Waals surface area contributed by atoms with Gasteiger partial charge in [0.05, 0.1) is 11.0 Å². The number of rotatable bonds is 6. The number of benzene rings is 1. The Bertz CT molecular complexity index is 595. The molecule has 0 heterocycles. The summed E-state index contributed by atoms with van der Waals surface area (Å²) >= 11 is 0. The summed E-state index contributed by atoms with van der Waals surface area (Å²) in [5.41, 5.74) is 2.34. The summed E-state index contributed by atoms with van der Waals surface area (Å²) in [5.74, 6) is 0. The van der Waals surface area contributed by atoms with Crippen molar-refractivity contribution in [1.29, 1.82) is 5.26 Å². The normalized spacial score (nSPS) is 11.4. The van der Waals surface area contributed by atoms with Crippen LogP contribution in [-0.4, -0.2) is 32.9 Å². The Morgan fingerprint density at radius 2 is 1.85 bits per heavy atom. The molecule has 6 heteroatoms. The van der Waals surface area contributed by atoms with Crippen molar-refractivity contribution in [3.8, 4) is 6.07 Å². The van der Waals surface area contributed by atoms with Gasteiger partial charge in [0.1, 0.15) is 0 Å². The average molecular weight is 295 g/mol. The van der Waals surface area contributed by atoms with E-state index in [2.05, 4.69) is 5.32 Å². The number of aryl methyl sites for hydroxylation is 2. The van der Waals surface area contributed by atoms with E-state index in [0.717, 1.165) is 12.2 Å². The van der Waals surface area contributed by atoms with Crippen molar-refractivity contribution in [2.24, 2.45) is 0 Å². The molecule has 0 aliphatic heterocycles. The van der Waals surface area contributed by atoms with E-state index in [0.29, 0.717) is 16.0 Å². The lowest BCUT2D eigenvalue weighted by atomic mass is 10.1. The molecule has 0 radical (unpaired) electrons. The number of nitrogens with zero attached hydrogens (tertiary/aromatic N) is 2. The van der Waals surface area contributed by atoms with Crippen molar-refractivity contribution in [2.75, 3.05) is 25.5 Å². The molecule has 5 nitrogen and oxygen atoms in total. The average Bonchev–Trinajstić information content (AvgIpc) is 2.34. The second-order valence-corrected chi connectivity index (χ2v) is 6.69. The van der Waals surface area contributed by atoms with Gasteiger partial charge in [0.2, 0.25) is 10.0 Å². The van der Waals surface area contributed by atoms with Crippen LogP contribution in [-0.2, 0) is 10.0 Å². The summed E-state index contributed by atoms with van der Waals surface area (Å²) in [6.45, 7) is 6.56. The second kappa shape index (κ2) is 6.73. The smallest absolute Gasteiger partial charge is 0.243 e. The SMILES string of the molecule is CCNc1cc(C)c(S(=O)(=O)N(C)CCC#N)c(C)c1. The maximum atomic E-state index is 12.5. The van der Waals surface area contributed by atoms with Gasteiger partial charge in [0.15, 0.2) is 0 Å². The minimum absolute atomic E-state index is 0.184. The van der Waals surface area contributed by atoms with Gasteiger partial charge < -0.3 is 5.32 Å². The van der Waals surface area contributed by atoms with Gasteiger partial charge in [0.25, 0.3) is 0 Å². The number of hydrogen-bond acceptors (Lipinski definition) is 4. The van der Waals surface area contributed by atoms with Crippen LogP contribution >= 0.6 is 0 Å². The Kier molecular flexibility index (Phi) is 5.54. The van der Waals surface area contributed by atoms with Crippen molar-refractivity contribution in [3.63, 3.8) is 0 Å². The van der Waals surface area contributed by atoms with Crippen molar-refractivity contribution >= 4 is 15.7 Å². The molecule has 0 saturated heterocycles. The molecule has 0 bridgehead atoms. The molecule has 0 saturated carbocycles. The third-order valence-corrected chi connectivity index (χ3v) is 5.21. The number of nitrogens with one attached hydrogen (secondary N) is 1. The zero-order chi connectivity index (χ0) is 15.3. The van der Waals surface area contributed by atoms with Crippen LogP contribution < -0.4 is 5.32 Å². The van der Waals surface area contributed by atoms with Crippen LogP contribution in [0.25, 0.3) is 0 Å². The summed E-state index contributed by atoms with van der Waals surface area (Å²) in [6, 6.07) is 5.63. The predicted molar refractivity (Wildman–Crippen MR) is 80.1 cm³/mol. The number of anilines is 1. The second-order valence-electron chi connectivity index (χ2n) is 4.70. The van der Waals surface area contributed by atoms with Crippen LogP contribution in [0.15, 0.2) is 17.0 Å². The van der Waals surface area contributed by atoms with Crippen molar-refractivity contribution < 1.29 is 8.42 Å². The number of hydrogen-bond donors (Lipinski definition) is 1. The van der Waals surface area contributed by atoms with E-state index < -0.39 is 10.0 Å². The fourth-order valence-electron chi connectivity index (χ4n) is 2.15. The Morgan fingerprint density at radius 1 is 1.30 bits per heavy atom. The molecular formula is C14H21N3O2S. The quantitative estimate of drug-likeness (QED) is 0.873. The summed E-state index contributed by atoms with van der Waals surface area (Å²) < 4.78 is 26.3. The molecule has 110 valence electrons. The van der Waals surface area contributed by atoms with Gasteiger partial charge >= 0.3 is 0 Å². The van der Waals surface area contributed by atoms with Gasteiger partial charge in [-0.05, 0) is 44.0 Å². The minimum Gasteiger partial charge on any atom is -0.385 e. The standard InChI is InChI=1S/C14H21N3O2S/c1-5-16-13-9-11(2)14(12(3)10-13)20(18,19)17(4)8-6-7-15/h9-10,16H,5-6,8H2,1-4H3. The molecule has 1 rings (SSSR count). The van der Waals surface area contributed by atoms with E-state index in [9.17, 15) is 8.42 Å². The maximum absolute atomic E-state index is 12.5. The zero-order valence-corrected chi connectivity index (χ0v) is 13.2. The van der Waals surface area contributed by atoms with E-state index in [1.54, 1.807) is 13.8 Å². The lowest BCUT2D eigenvalue weighted by Gasteiger charge is -2.20. The highest BCUT2D eigenvalue weighted by Crippen LogP contribution is 2.26. The maximum Gasteiger partial charge on any atom is 0.243 e. The molecule has 0 unspecified atom stereocenters. The first-order valence-electron chi connectivity index (χ1n) is 6.53. The summed E-state index contributed by atoms with van der Waals surface area (Å²) in [5, 5.41) is 11.8. The highest BCUT2D eigenvalue weighted by molar-refractivity contribution is 7.89. The van der Waals surface area contributed by atoms with Crippen LogP contribution in [0, 0.1) is 25.2 Å². The number of sulfonamides is 1. The van der Waals surface area contributed by atoms with Crippen LogP contribution in [0.3, 0.4) is 0 Å². The molecule has 0 fully saturated rings. The fourth-order valence-corrected chi connectivity index (χ4v) is 3.72. The van der Waals surface area contributed by atoms with Crippen molar-refractivity contribution in [2.45, 2.75) is 32.1 Å². The van der Waals surface area contributed by atoms with Gasteiger partial charge in [-0.2, -0.15) is 9.57 Å². The predicted octanol–water partition coefficient (Wildman–Crippen LogP) is 2.27. The third kappa shape index (κ3) is 3.50. The third-order valence-electron chi connectivity index (χ3n) is 3.05. The van der Waals surface area contributed by atoms with Crippen LogP contribution in [0.1, 0.15) is 24.5 Å². The lowest BCUT2D eigenvalue weighted by Crippen LogP contribution is -2.29. The van der Waals surface area contributed by atoms with E-state index in [1.165, 1.54) is 11.4 Å². The van der Waals surface area contributed by atoms with Gasteiger partial charge in [-0.1, -0.05) is 0 Å². The van der Waals surface area contributed by atoms with E-state index in [4.69, 9.17) is 5.26 Å². The zero-order valence-electron chi connectivity index (χ0n) is 12.4. The van der Waals surface area contributed by atoms with Crippen LogP contribution in [0.4, 0.5) is 5.69 Å². The van der Waals surface area contributed by atoms with E-state index in [1.807, 2.05) is 25.1 Å². The molecule has 0 aliphatic rings. The molecule has 1 aromatic rings. The lowest BCUT2D eigenvalue weighted by molar-refractivity contribution is 0.475. The molecule has 20 heavy (non-hydrogen) atoms. The first-order chi connectivity index (χ1) is 9.34. The fraction of sp³-hybridized carbons (Fsp3) is 0.500. The topological polar surface area (TPSA) is 73.2 Å². The van der Waals surface area contributed by atoms with Crippen molar-refractivity contribution in [1.82, 2.24) is 4.31 Å². The molecule has 0 amide bonds. The van der Waals surface area contributed by atoms with Crippen molar-refractivity contribution in [3.05, 3.63) is 23.3 Å². The highest BCUT2D eigenvalue weighted by atomic mass is 32.2. The monoisotopic (exact) mass is 295 g/mol. The van der Waals surface area contributed by atoms with Gasteiger partial charge in [-0.3, -0.25) is 0 Å². The molecule has 0 spiro atoms. The highest BCUT2D eigenvalue weighted by Gasteiger charge is 2.24. The molecule has 1 N–H and O–H groups in total. The van der Waals surface area contributed by atoms with Crippen LogP contribution in [0.2, 0.25) is 0 Å². The van der Waals surface area contributed by atoms with Gasteiger partial charge in [0, 0.05) is 32.2 Å². The molecule has 0 aromatic heterocycles. The number of nitriles is 1. The molecule has 0 atom stereocenters. The Balaban J connectivity index is 3.22. The van der Waals surface area contributed by atoms with Gasteiger partial charge in [-0.15, -0.1) is 0 Å². The van der Waals surface area contributed by atoms with Gasteiger partial charge in [-0.25, -0.2) is 8.42 Å². The molecular weight excluding hydrogens is 274 g/mol. The Morgan fingerprint density at radius 3 is 2.30 bits per heavy atom. The Hall–Kier alpha value is -1.58. The van der Waals surface area contributed by atoms with Crippen LogP contribution in [0.5, 0.6) is 0 Å².